The second-order valence-electron chi connectivity index (χ2n) is 10.2. The average Bonchev–Trinajstić information content (AvgIpc) is 3.48. The van der Waals surface area contributed by atoms with Crippen LogP contribution < -0.4 is 10.0 Å². The Kier molecular flexibility index (Phi) is 10.0. The van der Waals surface area contributed by atoms with Gasteiger partial charge in [-0.1, -0.05) is 24.3 Å². The Hall–Kier alpha value is -4.82. The van der Waals surface area contributed by atoms with Crippen LogP contribution in [0.1, 0.15) is 29.3 Å². The number of nitrogens with zero attached hydrogens (tertiary/aromatic N) is 5. The number of hydrogen-bond acceptors (Lipinski definition) is 8. The van der Waals surface area contributed by atoms with E-state index in [4.69, 9.17) is 0 Å². The summed E-state index contributed by atoms with van der Waals surface area (Å²) in [5, 5.41) is 3.11. The number of amides is 2. The molecule has 0 aliphatic heterocycles. The fourth-order valence-corrected chi connectivity index (χ4v) is 5.82. The maximum atomic E-state index is 13.7. The highest BCUT2D eigenvalue weighted by Crippen LogP contribution is 2.29. The lowest BCUT2D eigenvalue weighted by Gasteiger charge is -2.26. The van der Waals surface area contributed by atoms with Gasteiger partial charge in [-0.05, 0) is 72.1 Å². The minimum atomic E-state index is -3.41. The Morgan fingerprint density at radius 1 is 0.889 bits per heavy atom. The molecule has 5 aromatic rings. The minimum absolute atomic E-state index is 0.234. The SMILES string of the molecule is CS(=O)(=O)Nc1ccc(-c2nsc(NC(=O)N(CCc3ncccn3)CCC(c3ccc(F)cc3)c3ccc(F)cc3)n2)cc1. The first-order valence-corrected chi connectivity index (χ1v) is 16.5. The van der Waals surface area contributed by atoms with Gasteiger partial charge in [-0.3, -0.25) is 10.0 Å². The molecule has 2 amide bonds. The van der Waals surface area contributed by atoms with E-state index >= 15 is 0 Å². The molecule has 2 N–H and O–H groups in total. The summed E-state index contributed by atoms with van der Waals surface area (Å²) in [7, 11) is -3.41. The van der Waals surface area contributed by atoms with Crippen LogP contribution >= 0.6 is 11.5 Å². The molecule has 0 fully saturated rings. The number of benzene rings is 3. The van der Waals surface area contributed by atoms with Gasteiger partial charge in [0.25, 0.3) is 0 Å². The molecule has 3 aromatic carbocycles. The fraction of sp³-hybridized carbons (Fsp3) is 0.194. The van der Waals surface area contributed by atoms with Crippen molar-refractivity contribution in [3.8, 4) is 11.4 Å². The van der Waals surface area contributed by atoms with Gasteiger partial charge in [0.15, 0.2) is 5.82 Å². The van der Waals surface area contributed by atoms with Crippen LogP contribution in [-0.4, -0.2) is 58.0 Å². The maximum Gasteiger partial charge on any atom is 0.323 e. The highest BCUT2D eigenvalue weighted by molar-refractivity contribution is 7.92. The van der Waals surface area contributed by atoms with Crippen molar-refractivity contribution in [2.45, 2.75) is 18.8 Å². The van der Waals surface area contributed by atoms with Crippen molar-refractivity contribution >= 4 is 38.4 Å². The number of rotatable bonds is 12. The van der Waals surface area contributed by atoms with Gasteiger partial charge in [0.05, 0.1) is 6.26 Å². The monoisotopic (exact) mass is 649 g/mol. The van der Waals surface area contributed by atoms with Crippen LogP contribution in [0.3, 0.4) is 0 Å². The molecule has 5 rings (SSSR count). The Labute approximate surface area is 263 Å². The second kappa shape index (κ2) is 14.3. The quantitative estimate of drug-likeness (QED) is 0.171. The van der Waals surface area contributed by atoms with Crippen molar-refractivity contribution in [3.05, 3.63) is 120 Å². The third-order valence-corrected chi connectivity index (χ3v) is 8.07. The van der Waals surface area contributed by atoms with Crippen molar-refractivity contribution in [3.63, 3.8) is 0 Å². The van der Waals surface area contributed by atoms with Crippen molar-refractivity contribution in [2.24, 2.45) is 0 Å². The molecule has 0 aliphatic carbocycles. The predicted molar refractivity (Wildman–Crippen MR) is 169 cm³/mol. The van der Waals surface area contributed by atoms with Crippen LogP contribution in [0.5, 0.6) is 0 Å². The zero-order chi connectivity index (χ0) is 31.8. The van der Waals surface area contributed by atoms with Crippen LogP contribution in [0.15, 0.2) is 91.3 Å². The number of sulfonamides is 1. The summed E-state index contributed by atoms with van der Waals surface area (Å²) in [6.45, 7) is 0.606. The van der Waals surface area contributed by atoms with E-state index in [9.17, 15) is 22.0 Å². The van der Waals surface area contributed by atoms with Crippen molar-refractivity contribution in [1.29, 1.82) is 0 Å². The molecule has 2 aromatic heterocycles. The fourth-order valence-electron chi connectivity index (χ4n) is 4.67. The normalized spacial score (nSPS) is 11.4. The predicted octanol–water partition coefficient (Wildman–Crippen LogP) is 5.94. The Morgan fingerprint density at radius 3 is 2.07 bits per heavy atom. The molecule has 0 saturated carbocycles. The first kappa shape index (κ1) is 31.6. The summed E-state index contributed by atoms with van der Waals surface area (Å²) in [4.78, 5) is 28.2. The molecule has 232 valence electrons. The van der Waals surface area contributed by atoms with Gasteiger partial charge in [0, 0.05) is 60.6 Å². The van der Waals surface area contributed by atoms with E-state index < -0.39 is 16.1 Å². The molecule has 14 heteroatoms. The largest absolute Gasteiger partial charge is 0.324 e. The number of nitrogens with one attached hydrogen (secondary N) is 2. The van der Waals surface area contributed by atoms with E-state index in [1.807, 2.05) is 0 Å². The third-order valence-electron chi connectivity index (χ3n) is 6.83. The van der Waals surface area contributed by atoms with E-state index in [2.05, 4.69) is 29.4 Å². The molecule has 2 heterocycles. The average molecular weight is 650 g/mol. The van der Waals surface area contributed by atoms with Crippen LogP contribution in [0, 0.1) is 11.6 Å². The van der Waals surface area contributed by atoms with Gasteiger partial charge in [-0.2, -0.15) is 9.36 Å². The molecule has 0 aliphatic rings. The van der Waals surface area contributed by atoms with Crippen molar-refractivity contribution < 1.29 is 22.0 Å². The summed E-state index contributed by atoms with van der Waals surface area (Å²) in [5.41, 5.74) is 2.72. The summed E-state index contributed by atoms with van der Waals surface area (Å²) in [5.74, 6) is -0.00588. The summed E-state index contributed by atoms with van der Waals surface area (Å²) in [6, 6.07) is 20.2. The lowest BCUT2D eigenvalue weighted by Crippen LogP contribution is -2.38. The second-order valence-corrected chi connectivity index (χ2v) is 12.7. The standard InChI is InChI=1S/C31H29F2N7O3S2/c1-45(42,43)39-26-13-7-23(8-14-26)29-36-30(44-38-29)37-31(41)40(20-16-28-34-17-2-18-35-28)19-15-27(21-3-9-24(32)10-4-21)22-5-11-25(33)12-6-22/h2-14,17-18,27,39H,15-16,19-20H2,1H3,(H,36,37,38,41). The van der Waals surface area contributed by atoms with Gasteiger partial charge in [0.1, 0.15) is 17.5 Å². The third kappa shape index (κ3) is 9.09. The van der Waals surface area contributed by atoms with Crippen LogP contribution in [0.4, 0.5) is 24.4 Å². The molecule has 0 saturated heterocycles. The summed E-state index contributed by atoms with van der Waals surface area (Å²) < 4.78 is 57.2. The zero-order valence-corrected chi connectivity index (χ0v) is 25.7. The van der Waals surface area contributed by atoms with Crippen molar-refractivity contribution in [2.75, 3.05) is 29.4 Å². The smallest absolute Gasteiger partial charge is 0.323 e. The number of carbonyl (C=O) groups is 1. The number of urea groups is 1. The van der Waals surface area contributed by atoms with Gasteiger partial charge in [0.2, 0.25) is 15.2 Å². The number of halogens is 2. The topological polar surface area (TPSA) is 130 Å². The number of aromatic nitrogens is 4. The minimum Gasteiger partial charge on any atom is -0.324 e. The van der Waals surface area contributed by atoms with E-state index in [1.165, 1.54) is 24.3 Å². The molecule has 0 spiro atoms. The van der Waals surface area contributed by atoms with E-state index in [0.29, 0.717) is 48.8 Å². The van der Waals surface area contributed by atoms with E-state index in [0.717, 1.165) is 28.9 Å². The van der Waals surface area contributed by atoms with Crippen molar-refractivity contribution in [1.82, 2.24) is 24.2 Å². The van der Waals surface area contributed by atoms with Gasteiger partial charge < -0.3 is 4.90 Å². The molecule has 0 bridgehead atoms. The van der Waals surface area contributed by atoms with Crippen LogP contribution in [0.2, 0.25) is 0 Å². The molecule has 45 heavy (non-hydrogen) atoms. The van der Waals surface area contributed by atoms with Crippen LogP contribution in [-0.2, 0) is 16.4 Å². The lowest BCUT2D eigenvalue weighted by atomic mass is 9.88. The summed E-state index contributed by atoms with van der Waals surface area (Å²) >= 11 is 1.01. The molecular weight excluding hydrogens is 621 g/mol. The van der Waals surface area contributed by atoms with Crippen LogP contribution in [0.25, 0.3) is 11.4 Å². The molecule has 0 unspecified atom stereocenters. The molecule has 10 nitrogen and oxygen atoms in total. The number of anilines is 2. The Bertz CT molecular complexity index is 1780. The highest BCUT2D eigenvalue weighted by Gasteiger charge is 2.21. The van der Waals surface area contributed by atoms with E-state index in [-0.39, 0.29) is 22.7 Å². The highest BCUT2D eigenvalue weighted by atomic mass is 32.2. The summed E-state index contributed by atoms with van der Waals surface area (Å²) in [6.07, 6.45) is 5.22. The Balaban J connectivity index is 1.32. The zero-order valence-electron chi connectivity index (χ0n) is 24.1. The lowest BCUT2D eigenvalue weighted by molar-refractivity contribution is 0.210. The first-order valence-electron chi connectivity index (χ1n) is 13.9. The Morgan fingerprint density at radius 2 is 1.49 bits per heavy atom. The van der Waals surface area contributed by atoms with E-state index in [1.54, 1.807) is 71.9 Å². The van der Waals surface area contributed by atoms with Gasteiger partial charge >= 0.3 is 6.03 Å². The molecule has 0 radical (unpaired) electrons. The number of hydrogen-bond donors (Lipinski definition) is 2. The molecular formula is C31H29F2N7O3S2. The number of carbonyl (C=O) groups excluding carboxylic acids is 1. The first-order chi connectivity index (χ1) is 21.6. The maximum absolute atomic E-state index is 13.7. The van der Waals surface area contributed by atoms with Gasteiger partial charge in [-0.15, -0.1) is 0 Å². The van der Waals surface area contributed by atoms with Gasteiger partial charge in [-0.25, -0.2) is 32.0 Å². The molecule has 0 atom stereocenters.